The van der Waals surface area contributed by atoms with Gasteiger partial charge in [0, 0.05) is 29.7 Å². The molecule has 5 nitrogen and oxygen atoms in total. The zero-order chi connectivity index (χ0) is 14.7. The molecule has 3 N–H and O–H groups in total. The van der Waals surface area contributed by atoms with Gasteiger partial charge in [-0.2, -0.15) is 0 Å². The maximum absolute atomic E-state index is 5.22. The number of nitrogens with zero attached hydrogens (tertiary/aromatic N) is 1. The average Bonchev–Trinajstić information content (AvgIpc) is 3.06. The predicted octanol–water partition coefficient (Wildman–Crippen LogP) is 2.99. The molecule has 0 bridgehead atoms. The quantitative estimate of drug-likeness (QED) is 0.646. The summed E-state index contributed by atoms with van der Waals surface area (Å²) in [7, 11) is 0. The molecule has 2 aromatic heterocycles. The van der Waals surface area contributed by atoms with Gasteiger partial charge >= 0.3 is 0 Å². The first-order valence-corrected chi connectivity index (χ1v) is 7.16. The van der Waals surface area contributed by atoms with E-state index < -0.39 is 0 Å². The first-order chi connectivity index (χ1) is 10.2. The number of hydrogen-bond acceptors (Lipinski definition) is 3. The number of anilines is 1. The number of aromatic nitrogens is 2. The Morgan fingerprint density at radius 1 is 1.38 bits per heavy atom. The number of nitrogens with one attached hydrogen (secondary N) is 3. The standard InChI is InChI=1S/C15H16N4OS/c1-10-8-14(19-20-10)18-15(21)16-7-6-11-9-17-13-5-3-2-4-12(11)13/h2-5,8-9,17H,6-7H2,1H3,(H2,16,18,19,21). The SMILES string of the molecule is Cc1cc(NC(=S)NCCc2c[nH]c3ccccc23)no1. The summed E-state index contributed by atoms with van der Waals surface area (Å²) in [4.78, 5) is 3.27. The van der Waals surface area contributed by atoms with Crippen molar-refractivity contribution in [3.05, 3.63) is 47.9 Å². The number of fused-ring (bicyclic) bond motifs is 1. The van der Waals surface area contributed by atoms with Gasteiger partial charge in [0.1, 0.15) is 5.76 Å². The van der Waals surface area contributed by atoms with E-state index in [4.69, 9.17) is 16.7 Å². The van der Waals surface area contributed by atoms with Crippen molar-refractivity contribution in [1.29, 1.82) is 0 Å². The molecule has 0 saturated heterocycles. The number of H-pyrrole nitrogens is 1. The fourth-order valence-corrected chi connectivity index (χ4v) is 2.44. The molecule has 0 aliphatic carbocycles. The lowest BCUT2D eigenvalue weighted by molar-refractivity contribution is 0.400. The highest BCUT2D eigenvalue weighted by molar-refractivity contribution is 7.80. The fourth-order valence-electron chi connectivity index (χ4n) is 2.23. The second-order valence-corrected chi connectivity index (χ2v) is 5.22. The highest BCUT2D eigenvalue weighted by atomic mass is 32.1. The summed E-state index contributed by atoms with van der Waals surface area (Å²) in [5, 5.41) is 11.8. The molecular formula is C15H16N4OS. The summed E-state index contributed by atoms with van der Waals surface area (Å²) >= 11 is 5.22. The van der Waals surface area contributed by atoms with E-state index in [0.29, 0.717) is 10.9 Å². The molecule has 2 heterocycles. The van der Waals surface area contributed by atoms with Crippen molar-refractivity contribution in [1.82, 2.24) is 15.5 Å². The van der Waals surface area contributed by atoms with Gasteiger partial charge in [0.05, 0.1) is 0 Å². The zero-order valence-electron chi connectivity index (χ0n) is 11.6. The Morgan fingerprint density at radius 3 is 3.05 bits per heavy atom. The van der Waals surface area contributed by atoms with Gasteiger partial charge in [-0.05, 0) is 37.2 Å². The monoisotopic (exact) mass is 300 g/mol. The van der Waals surface area contributed by atoms with Crippen molar-refractivity contribution in [2.45, 2.75) is 13.3 Å². The third-order valence-corrected chi connectivity index (χ3v) is 3.47. The number of benzene rings is 1. The molecular weight excluding hydrogens is 284 g/mol. The molecule has 3 aromatic rings. The number of thiocarbonyl (C=S) groups is 1. The molecule has 0 fully saturated rings. The van der Waals surface area contributed by atoms with Crippen molar-refractivity contribution in [2.24, 2.45) is 0 Å². The Kier molecular flexibility index (Phi) is 3.87. The van der Waals surface area contributed by atoms with Crippen molar-refractivity contribution >= 4 is 34.1 Å². The predicted molar refractivity (Wildman–Crippen MR) is 87.5 cm³/mol. The van der Waals surface area contributed by atoms with Crippen LogP contribution < -0.4 is 10.6 Å². The number of para-hydroxylation sites is 1. The smallest absolute Gasteiger partial charge is 0.175 e. The summed E-state index contributed by atoms with van der Waals surface area (Å²) < 4.78 is 4.97. The summed E-state index contributed by atoms with van der Waals surface area (Å²) in [6.07, 6.45) is 2.94. The van der Waals surface area contributed by atoms with E-state index in [1.807, 2.05) is 25.3 Å². The van der Waals surface area contributed by atoms with Crippen LogP contribution in [0, 0.1) is 6.92 Å². The van der Waals surface area contributed by atoms with Crippen LogP contribution in [0.15, 0.2) is 41.1 Å². The molecule has 0 radical (unpaired) electrons. The van der Waals surface area contributed by atoms with Crippen LogP contribution in [0.5, 0.6) is 0 Å². The third kappa shape index (κ3) is 3.22. The van der Waals surface area contributed by atoms with E-state index in [2.05, 4.69) is 32.9 Å². The van der Waals surface area contributed by atoms with E-state index in [1.165, 1.54) is 10.9 Å². The third-order valence-electron chi connectivity index (χ3n) is 3.22. The molecule has 0 spiro atoms. The topological polar surface area (TPSA) is 65.9 Å². The summed E-state index contributed by atoms with van der Waals surface area (Å²) in [5.74, 6) is 1.37. The van der Waals surface area contributed by atoms with Crippen molar-refractivity contribution in [3.8, 4) is 0 Å². The Balaban J connectivity index is 1.53. The average molecular weight is 300 g/mol. The lowest BCUT2D eigenvalue weighted by Gasteiger charge is -2.07. The number of aryl methyl sites for hydroxylation is 1. The lowest BCUT2D eigenvalue weighted by Crippen LogP contribution is -2.30. The molecule has 21 heavy (non-hydrogen) atoms. The molecule has 0 aliphatic heterocycles. The first-order valence-electron chi connectivity index (χ1n) is 6.75. The highest BCUT2D eigenvalue weighted by Gasteiger charge is 2.04. The molecule has 0 unspecified atom stereocenters. The van der Waals surface area contributed by atoms with Crippen LogP contribution in [0.25, 0.3) is 10.9 Å². The fraction of sp³-hybridized carbons (Fsp3) is 0.200. The van der Waals surface area contributed by atoms with Gasteiger partial charge in [-0.3, -0.25) is 0 Å². The summed E-state index contributed by atoms with van der Waals surface area (Å²) in [6.45, 7) is 2.59. The molecule has 0 atom stereocenters. The Hall–Kier alpha value is -2.34. The van der Waals surface area contributed by atoms with E-state index in [0.717, 1.165) is 24.2 Å². The maximum Gasteiger partial charge on any atom is 0.175 e. The second-order valence-electron chi connectivity index (χ2n) is 4.81. The van der Waals surface area contributed by atoms with Gasteiger partial charge < -0.3 is 20.1 Å². The first kappa shape index (κ1) is 13.6. The van der Waals surface area contributed by atoms with Crippen LogP contribution in [0.2, 0.25) is 0 Å². The Labute approximate surface area is 127 Å². The van der Waals surface area contributed by atoms with Crippen LogP contribution >= 0.6 is 12.2 Å². The van der Waals surface area contributed by atoms with E-state index in [-0.39, 0.29) is 0 Å². The molecule has 108 valence electrons. The zero-order valence-corrected chi connectivity index (χ0v) is 12.5. The van der Waals surface area contributed by atoms with Crippen LogP contribution in [0.1, 0.15) is 11.3 Å². The molecule has 0 aliphatic rings. The Morgan fingerprint density at radius 2 is 2.24 bits per heavy atom. The Bertz CT molecular complexity index is 762. The summed E-state index contributed by atoms with van der Waals surface area (Å²) in [5.41, 5.74) is 2.43. The van der Waals surface area contributed by atoms with Crippen LogP contribution in [0.3, 0.4) is 0 Å². The number of rotatable bonds is 4. The van der Waals surface area contributed by atoms with Crippen LogP contribution in [-0.2, 0) is 6.42 Å². The van der Waals surface area contributed by atoms with Gasteiger partial charge in [0.25, 0.3) is 0 Å². The summed E-state index contributed by atoms with van der Waals surface area (Å²) in [6, 6.07) is 10.1. The largest absolute Gasteiger partial charge is 0.362 e. The van der Waals surface area contributed by atoms with E-state index in [9.17, 15) is 0 Å². The van der Waals surface area contributed by atoms with Gasteiger partial charge in [-0.25, -0.2) is 0 Å². The minimum Gasteiger partial charge on any atom is -0.362 e. The van der Waals surface area contributed by atoms with Crippen LogP contribution in [-0.4, -0.2) is 21.8 Å². The van der Waals surface area contributed by atoms with E-state index >= 15 is 0 Å². The minimum absolute atomic E-state index is 0.545. The molecule has 0 saturated carbocycles. The van der Waals surface area contributed by atoms with Gasteiger partial charge in [-0.15, -0.1) is 0 Å². The van der Waals surface area contributed by atoms with Gasteiger partial charge in [0.15, 0.2) is 10.9 Å². The van der Waals surface area contributed by atoms with Crippen molar-refractivity contribution < 1.29 is 4.52 Å². The van der Waals surface area contributed by atoms with Gasteiger partial charge in [0.2, 0.25) is 0 Å². The molecule has 0 amide bonds. The minimum atomic E-state index is 0.545. The molecule has 6 heteroatoms. The van der Waals surface area contributed by atoms with Crippen molar-refractivity contribution in [3.63, 3.8) is 0 Å². The normalized spacial score (nSPS) is 10.7. The van der Waals surface area contributed by atoms with E-state index in [1.54, 1.807) is 6.07 Å². The highest BCUT2D eigenvalue weighted by Crippen LogP contribution is 2.17. The lowest BCUT2D eigenvalue weighted by atomic mass is 10.1. The maximum atomic E-state index is 5.22. The second kappa shape index (κ2) is 5.97. The molecule has 3 rings (SSSR count). The van der Waals surface area contributed by atoms with Gasteiger partial charge in [-0.1, -0.05) is 23.4 Å². The molecule has 1 aromatic carbocycles. The number of aromatic amines is 1. The number of hydrogen-bond donors (Lipinski definition) is 3. The van der Waals surface area contributed by atoms with Crippen molar-refractivity contribution in [2.75, 3.05) is 11.9 Å². The van der Waals surface area contributed by atoms with Crippen LogP contribution in [0.4, 0.5) is 5.82 Å².